The van der Waals surface area contributed by atoms with Gasteiger partial charge >= 0.3 is 0 Å². The van der Waals surface area contributed by atoms with E-state index >= 15 is 0 Å². The number of nitrogens with zero attached hydrogens (tertiary/aromatic N) is 4. The highest BCUT2D eigenvalue weighted by molar-refractivity contribution is 7.98. The van der Waals surface area contributed by atoms with Crippen molar-refractivity contribution in [2.45, 2.75) is 36.6 Å². The Kier molecular flexibility index (Phi) is 8.67. The summed E-state index contributed by atoms with van der Waals surface area (Å²) in [6.45, 7) is 1.62. The van der Waals surface area contributed by atoms with Crippen molar-refractivity contribution >= 4 is 29.2 Å². The van der Waals surface area contributed by atoms with Gasteiger partial charge in [-0.1, -0.05) is 47.6 Å². The third-order valence-corrected chi connectivity index (χ3v) is 7.38. The van der Waals surface area contributed by atoms with Gasteiger partial charge in [0.15, 0.2) is 0 Å². The summed E-state index contributed by atoms with van der Waals surface area (Å²) in [5, 5.41) is 39.5. The van der Waals surface area contributed by atoms with Crippen LogP contribution in [0.15, 0.2) is 58.2 Å². The second-order valence-electron chi connectivity index (χ2n) is 8.62. The summed E-state index contributed by atoms with van der Waals surface area (Å²) in [5.74, 6) is 0.867. The van der Waals surface area contributed by atoms with Gasteiger partial charge in [0, 0.05) is 21.9 Å². The second-order valence-corrected chi connectivity index (χ2v) is 9.99. The Balaban J connectivity index is 1.60. The van der Waals surface area contributed by atoms with Crippen LogP contribution in [0, 0.1) is 29.6 Å². The molecule has 8 nitrogen and oxygen atoms in total. The number of thioether (sulfide) groups is 1. The fourth-order valence-electron chi connectivity index (χ4n) is 3.88. The quantitative estimate of drug-likeness (QED) is 0.239. The third-order valence-electron chi connectivity index (χ3n) is 5.95. The monoisotopic (exact) mass is 545 g/mol. The number of aromatic nitrogens is 2. The molecule has 4 aromatic rings. The maximum absolute atomic E-state index is 10.0. The van der Waals surface area contributed by atoms with E-state index in [4.69, 9.17) is 26.9 Å². The Labute approximate surface area is 229 Å². The summed E-state index contributed by atoms with van der Waals surface area (Å²) in [4.78, 5) is 8.90. The van der Waals surface area contributed by atoms with Crippen molar-refractivity contribution in [1.29, 1.82) is 10.5 Å². The van der Waals surface area contributed by atoms with Crippen LogP contribution in [0.25, 0.3) is 22.6 Å². The highest BCUT2D eigenvalue weighted by Crippen LogP contribution is 2.37. The molecule has 192 valence electrons. The molecule has 1 atom stereocenters. The zero-order valence-corrected chi connectivity index (χ0v) is 22.1. The normalized spacial score (nSPS) is 11.6. The standard InChI is InChI=1S/C28H24ClN5O3S/c1-16-10-19(7-9-24(16)29)27-33-20(14-37-27)15-38-28-23(12-31)25(22(11-30)26(32)34-28)18-5-2-17(3-6-18)4-8-21(36)13-35/h2-3,5-7,9-10,14,21,35-36H,4,8,13,15H2,1H3,(H2,32,34)/t21-/m1/s1. The Morgan fingerprint density at radius 1 is 1.08 bits per heavy atom. The predicted octanol–water partition coefficient (Wildman–Crippen LogP) is 5.27. The van der Waals surface area contributed by atoms with Crippen molar-refractivity contribution in [3.05, 3.63) is 81.7 Å². The molecule has 2 aromatic carbocycles. The van der Waals surface area contributed by atoms with Gasteiger partial charge in [0.05, 0.1) is 24.0 Å². The van der Waals surface area contributed by atoms with E-state index in [0.29, 0.717) is 51.4 Å². The molecule has 2 aromatic heterocycles. The molecule has 0 saturated carbocycles. The average Bonchev–Trinajstić information content (AvgIpc) is 3.41. The molecule has 0 aliphatic rings. The van der Waals surface area contributed by atoms with E-state index in [0.717, 1.165) is 16.7 Å². The Morgan fingerprint density at radius 3 is 2.45 bits per heavy atom. The number of pyridine rings is 1. The maximum atomic E-state index is 10.0. The van der Waals surface area contributed by atoms with Gasteiger partial charge in [0.1, 0.15) is 34.8 Å². The average molecular weight is 546 g/mol. The van der Waals surface area contributed by atoms with Crippen molar-refractivity contribution in [3.8, 4) is 34.7 Å². The fraction of sp³-hybridized carbons (Fsp3) is 0.214. The smallest absolute Gasteiger partial charge is 0.226 e. The lowest BCUT2D eigenvalue weighted by Gasteiger charge is -2.13. The molecule has 4 N–H and O–H groups in total. The molecular formula is C28H24ClN5O3S. The van der Waals surface area contributed by atoms with Gasteiger partial charge in [-0.2, -0.15) is 10.5 Å². The number of aliphatic hydroxyl groups is 2. The number of nitrogen functional groups attached to an aromatic ring is 1. The number of nitriles is 2. The minimum absolute atomic E-state index is 0.0385. The number of rotatable bonds is 9. The van der Waals surface area contributed by atoms with E-state index in [1.807, 2.05) is 43.3 Å². The molecule has 0 fully saturated rings. The molecular weight excluding hydrogens is 522 g/mol. The Morgan fingerprint density at radius 2 is 1.79 bits per heavy atom. The topological polar surface area (TPSA) is 153 Å². The highest BCUT2D eigenvalue weighted by Gasteiger charge is 2.21. The maximum Gasteiger partial charge on any atom is 0.226 e. The van der Waals surface area contributed by atoms with Crippen molar-refractivity contribution in [1.82, 2.24) is 9.97 Å². The first-order valence-electron chi connectivity index (χ1n) is 11.7. The SMILES string of the molecule is Cc1cc(-c2nc(CSc3nc(N)c(C#N)c(-c4ccc(CC[C@@H](O)CO)cc4)c3C#N)co2)ccc1Cl. The lowest BCUT2D eigenvalue weighted by molar-refractivity contribution is 0.0886. The summed E-state index contributed by atoms with van der Waals surface area (Å²) in [5.41, 5.74) is 10.9. The molecule has 38 heavy (non-hydrogen) atoms. The fourth-order valence-corrected chi connectivity index (χ4v) is 4.87. The Hall–Kier alpha value is -3.86. The summed E-state index contributed by atoms with van der Waals surface area (Å²) in [7, 11) is 0. The number of hydrogen-bond donors (Lipinski definition) is 3. The van der Waals surface area contributed by atoms with Crippen molar-refractivity contribution in [3.63, 3.8) is 0 Å². The van der Waals surface area contributed by atoms with Crippen LogP contribution in [0.4, 0.5) is 5.82 Å². The molecule has 0 spiro atoms. The number of aryl methyl sites for hydroxylation is 2. The van der Waals surface area contributed by atoms with Crippen molar-refractivity contribution < 1.29 is 14.6 Å². The molecule has 0 amide bonds. The number of nitrogens with two attached hydrogens (primary N) is 1. The van der Waals surface area contributed by atoms with Gasteiger partial charge < -0.3 is 20.4 Å². The van der Waals surface area contributed by atoms with E-state index in [-0.39, 0.29) is 23.6 Å². The lowest BCUT2D eigenvalue weighted by atomic mass is 9.95. The molecule has 0 aliphatic heterocycles. The van der Waals surface area contributed by atoms with Gasteiger partial charge in [0.2, 0.25) is 5.89 Å². The van der Waals surface area contributed by atoms with Crippen LogP contribution >= 0.6 is 23.4 Å². The first-order valence-corrected chi connectivity index (χ1v) is 13.1. The first-order chi connectivity index (χ1) is 18.3. The molecule has 2 heterocycles. The number of aliphatic hydroxyl groups excluding tert-OH is 2. The van der Waals surface area contributed by atoms with Gasteiger partial charge in [0.25, 0.3) is 0 Å². The molecule has 10 heteroatoms. The van der Waals surface area contributed by atoms with E-state index < -0.39 is 6.10 Å². The predicted molar refractivity (Wildman–Crippen MR) is 146 cm³/mol. The van der Waals surface area contributed by atoms with Crippen LogP contribution in [-0.2, 0) is 12.2 Å². The van der Waals surface area contributed by atoms with E-state index in [1.165, 1.54) is 11.8 Å². The Bertz CT molecular complexity index is 1540. The molecule has 0 aliphatic carbocycles. The number of anilines is 1. The molecule has 0 saturated heterocycles. The van der Waals surface area contributed by atoms with Crippen LogP contribution < -0.4 is 5.73 Å². The van der Waals surface area contributed by atoms with Gasteiger partial charge in [-0.05, 0) is 54.7 Å². The summed E-state index contributed by atoms with van der Waals surface area (Å²) < 4.78 is 5.65. The number of oxazole rings is 1. The van der Waals surface area contributed by atoms with Crippen molar-refractivity contribution in [2.24, 2.45) is 0 Å². The van der Waals surface area contributed by atoms with Crippen LogP contribution in [0.5, 0.6) is 0 Å². The zero-order chi connectivity index (χ0) is 27.2. The van der Waals surface area contributed by atoms with E-state index in [1.54, 1.807) is 12.3 Å². The van der Waals surface area contributed by atoms with Crippen LogP contribution in [0.1, 0.15) is 34.4 Å². The van der Waals surface area contributed by atoms with E-state index in [2.05, 4.69) is 22.1 Å². The molecule has 4 rings (SSSR count). The highest BCUT2D eigenvalue weighted by atomic mass is 35.5. The summed E-state index contributed by atoms with van der Waals surface area (Å²) >= 11 is 7.39. The molecule has 0 radical (unpaired) electrons. The summed E-state index contributed by atoms with van der Waals surface area (Å²) in [6.07, 6.45) is 1.78. The number of halogens is 1. The minimum Gasteiger partial charge on any atom is -0.444 e. The summed E-state index contributed by atoms with van der Waals surface area (Å²) in [6, 6.07) is 17.1. The zero-order valence-electron chi connectivity index (χ0n) is 20.5. The second kappa shape index (κ2) is 12.1. The van der Waals surface area contributed by atoms with Gasteiger partial charge in [-0.25, -0.2) is 9.97 Å². The number of hydrogen-bond acceptors (Lipinski definition) is 9. The lowest BCUT2D eigenvalue weighted by Crippen LogP contribution is -2.12. The van der Waals surface area contributed by atoms with Crippen LogP contribution in [0.2, 0.25) is 5.02 Å². The van der Waals surface area contributed by atoms with Gasteiger partial charge in [-0.15, -0.1) is 0 Å². The molecule has 0 unspecified atom stereocenters. The largest absolute Gasteiger partial charge is 0.444 e. The van der Waals surface area contributed by atoms with Crippen LogP contribution in [0.3, 0.4) is 0 Å². The van der Waals surface area contributed by atoms with E-state index in [9.17, 15) is 15.6 Å². The molecule has 0 bridgehead atoms. The third kappa shape index (κ3) is 5.99. The van der Waals surface area contributed by atoms with Gasteiger partial charge in [-0.3, -0.25) is 0 Å². The first kappa shape index (κ1) is 27.2. The van der Waals surface area contributed by atoms with Crippen molar-refractivity contribution in [2.75, 3.05) is 12.3 Å². The number of benzene rings is 2. The van der Waals surface area contributed by atoms with Crippen LogP contribution in [-0.4, -0.2) is 32.9 Å². The minimum atomic E-state index is -0.777.